The minimum absolute atomic E-state index is 0.253. The van der Waals surface area contributed by atoms with Gasteiger partial charge in [0, 0.05) is 13.1 Å². The molecule has 0 atom stereocenters. The second-order valence-electron chi connectivity index (χ2n) is 4.41. The maximum atomic E-state index is 11.7. The molecule has 2 aromatic heterocycles. The van der Waals surface area contributed by atoms with E-state index in [0.717, 1.165) is 18.9 Å². The van der Waals surface area contributed by atoms with Crippen molar-refractivity contribution >= 4 is 17.4 Å². The van der Waals surface area contributed by atoms with Gasteiger partial charge in [-0.05, 0) is 25.0 Å². The van der Waals surface area contributed by atoms with Gasteiger partial charge in [-0.15, -0.1) is 0 Å². The van der Waals surface area contributed by atoms with Crippen LogP contribution in [0.4, 0.5) is 11.5 Å². The van der Waals surface area contributed by atoms with Gasteiger partial charge < -0.3 is 10.2 Å². The van der Waals surface area contributed by atoms with Gasteiger partial charge in [0.15, 0.2) is 5.69 Å². The minimum Gasteiger partial charge on any atom is -0.357 e. The van der Waals surface area contributed by atoms with Crippen LogP contribution in [-0.4, -0.2) is 39.4 Å². The number of pyridine rings is 1. The number of aromatic nitrogens is 4. The van der Waals surface area contributed by atoms with Crippen molar-refractivity contribution in [2.45, 2.75) is 12.8 Å². The van der Waals surface area contributed by atoms with Gasteiger partial charge in [-0.1, -0.05) is 0 Å². The molecule has 0 saturated carbocycles. The quantitative estimate of drug-likeness (QED) is 0.859. The zero-order valence-electron chi connectivity index (χ0n) is 10.3. The SMILES string of the molecule is O=C(Nc1ccc(N2CCCC2)nc1)c1cn[nH]n1. The maximum Gasteiger partial charge on any atom is 0.277 e. The van der Waals surface area contributed by atoms with Gasteiger partial charge in [-0.2, -0.15) is 15.4 Å². The molecule has 7 heteroatoms. The van der Waals surface area contributed by atoms with E-state index in [2.05, 4.69) is 30.6 Å². The van der Waals surface area contributed by atoms with E-state index in [-0.39, 0.29) is 11.6 Å². The highest BCUT2D eigenvalue weighted by Crippen LogP contribution is 2.19. The molecule has 1 aliphatic heterocycles. The molecule has 1 fully saturated rings. The molecule has 0 aliphatic carbocycles. The van der Waals surface area contributed by atoms with Crippen LogP contribution in [0, 0.1) is 0 Å². The monoisotopic (exact) mass is 258 g/mol. The van der Waals surface area contributed by atoms with Crippen LogP contribution in [0.15, 0.2) is 24.5 Å². The number of hydrogen-bond donors (Lipinski definition) is 2. The van der Waals surface area contributed by atoms with E-state index in [1.165, 1.54) is 19.0 Å². The first-order valence-electron chi connectivity index (χ1n) is 6.21. The minimum atomic E-state index is -0.301. The van der Waals surface area contributed by atoms with Crippen LogP contribution in [-0.2, 0) is 0 Å². The Labute approximate surface area is 110 Å². The second-order valence-corrected chi connectivity index (χ2v) is 4.41. The molecule has 0 spiro atoms. The van der Waals surface area contributed by atoms with Crippen molar-refractivity contribution in [3.8, 4) is 0 Å². The van der Waals surface area contributed by atoms with E-state index in [9.17, 15) is 4.79 Å². The summed E-state index contributed by atoms with van der Waals surface area (Å²) in [6.45, 7) is 2.11. The lowest BCUT2D eigenvalue weighted by Gasteiger charge is -2.16. The first-order valence-corrected chi connectivity index (χ1v) is 6.21. The number of carbonyl (C=O) groups is 1. The number of hydrogen-bond acceptors (Lipinski definition) is 5. The number of anilines is 2. The van der Waals surface area contributed by atoms with Crippen LogP contribution in [0.1, 0.15) is 23.3 Å². The average molecular weight is 258 g/mol. The molecule has 0 aromatic carbocycles. The molecule has 7 nitrogen and oxygen atoms in total. The van der Waals surface area contributed by atoms with E-state index in [4.69, 9.17) is 0 Å². The Bertz CT molecular complexity index is 544. The summed E-state index contributed by atoms with van der Waals surface area (Å²) < 4.78 is 0. The van der Waals surface area contributed by atoms with Gasteiger partial charge in [0.2, 0.25) is 0 Å². The summed E-state index contributed by atoms with van der Waals surface area (Å²) in [5.41, 5.74) is 0.902. The van der Waals surface area contributed by atoms with E-state index >= 15 is 0 Å². The highest BCUT2D eigenvalue weighted by molar-refractivity contribution is 6.02. The Kier molecular flexibility index (Phi) is 3.09. The van der Waals surface area contributed by atoms with Crippen molar-refractivity contribution in [3.05, 3.63) is 30.2 Å². The molecule has 1 saturated heterocycles. The summed E-state index contributed by atoms with van der Waals surface area (Å²) in [5.74, 6) is 0.654. The predicted molar refractivity (Wildman–Crippen MR) is 70.0 cm³/mol. The number of nitrogens with one attached hydrogen (secondary N) is 2. The normalized spacial score (nSPS) is 14.6. The molecule has 98 valence electrons. The number of H-pyrrole nitrogens is 1. The molecule has 0 bridgehead atoms. The fourth-order valence-electron chi connectivity index (χ4n) is 2.10. The number of rotatable bonds is 3. The molecule has 0 unspecified atom stereocenters. The van der Waals surface area contributed by atoms with Crippen molar-refractivity contribution in [2.24, 2.45) is 0 Å². The van der Waals surface area contributed by atoms with E-state index in [1.807, 2.05) is 12.1 Å². The molecular weight excluding hydrogens is 244 g/mol. The van der Waals surface area contributed by atoms with E-state index in [0.29, 0.717) is 5.69 Å². The van der Waals surface area contributed by atoms with Crippen molar-refractivity contribution in [2.75, 3.05) is 23.3 Å². The van der Waals surface area contributed by atoms with Crippen LogP contribution in [0.3, 0.4) is 0 Å². The molecule has 2 N–H and O–H groups in total. The fourth-order valence-corrected chi connectivity index (χ4v) is 2.10. The Hall–Kier alpha value is -2.44. The summed E-state index contributed by atoms with van der Waals surface area (Å²) in [6, 6.07) is 3.77. The summed E-state index contributed by atoms with van der Waals surface area (Å²) >= 11 is 0. The fraction of sp³-hybridized carbons (Fsp3) is 0.333. The summed E-state index contributed by atoms with van der Waals surface area (Å²) in [7, 11) is 0. The maximum absolute atomic E-state index is 11.7. The molecule has 0 radical (unpaired) electrons. The number of aromatic amines is 1. The summed E-state index contributed by atoms with van der Waals surface area (Å²) in [4.78, 5) is 18.3. The smallest absolute Gasteiger partial charge is 0.277 e. The Morgan fingerprint density at radius 3 is 2.74 bits per heavy atom. The third-order valence-corrected chi connectivity index (χ3v) is 3.08. The van der Waals surface area contributed by atoms with Crippen molar-refractivity contribution in [3.63, 3.8) is 0 Å². The third-order valence-electron chi connectivity index (χ3n) is 3.08. The molecule has 19 heavy (non-hydrogen) atoms. The van der Waals surface area contributed by atoms with E-state index < -0.39 is 0 Å². The number of nitrogens with zero attached hydrogens (tertiary/aromatic N) is 4. The van der Waals surface area contributed by atoms with Crippen molar-refractivity contribution in [1.82, 2.24) is 20.4 Å². The van der Waals surface area contributed by atoms with Crippen LogP contribution in [0.2, 0.25) is 0 Å². The summed E-state index contributed by atoms with van der Waals surface area (Å²) in [6.07, 6.45) is 5.46. The molecule has 2 aromatic rings. The van der Waals surface area contributed by atoms with Crippen LogP contribution in [0.5, 0.6) is 0 Å². The third kappa shape index (κ3) is 2.54. The molecule has 1 amide bonds. The van der Waals surface area contributed by atoms with Gasteiger partial charge in [0.05, 0.1) is 18.1 Å². The highest BCUT2D eigenvalue weighted by atomic mass is 16.2. The summed E-state index contributed by atoms with van der Waals surface area (Å²) in [5, 5.41) is 12.4. The Morgan fingerprint density at radius 2 is 2.11 bits per heavy atom. The first kappa shape index (κ1) is 11.6. The lowest BCUT2D eigenvalue weighted by atomic mass is 10.3. The molecule has 3 heterocycles. The zero-order valence-corrected chi connectivity index (χ0v) is 10.3. The second kappa shape index (κ2) is 5.05. The lowest BCUT2D eigenvalue weighted by Crippen LogP contribution is -2.19. The lowest BCUT2D eigenvalue weighted by molar-refractivity contribution is 0.102. The van der Waals surface area contributed by atoms with Crippen molar-refractivity contribution < 1.29 is 4.79 Å². The van der Waals surface area contributed by atoms with Gasteiger partial charge in [0.25, 0.3) is 5.91 Å². The van der Waals surface area contributed by atoms with Gasteiger partial charge in [-0.25, -0.2) is 4.98 Å². The van der Waals surface area contributed by atoms with Crippen LogP contribution >= 0.6 is 0 Å². The Morgan fingerprint density at radius 1 is 1.26 bits per heavy atom. The first-order chi connectivity index (χ1) is 9.33. The van der Waals surface area contributed by atoms with Gasteiger partial charge >= 0.3 is 0 Å². The number of carbonyl (C=O) groups excluding carboxylic acids is 1. The Balaban J connectivity index is 1.67. The van der Waals surface area contributed by atoms with Gasteiger partial charge in [-0.3, -0.25) is 4.79 Å². The molecule has 3 rings (SSSR count). The largest absolute Gasteiger partial charge is 0.357 e. The van der Waals surface area contributed by atoms with Gasteiger partial charge in [0.1, 0.15) is 5.82 Å². The highest BCUT2D eigenvalue weighted by Gasteiger charge is 2.14. The predicted octanol–water partition coefficient (Wildman–Crippen LogP) is 1.05. The zero-order chi connectivity index (χ0) is 13.1. The van der Waals surface area contributed by atoms with Crippen LogP contribution < -0.4 is 10.2 Å². The van der Waals surface area contributed by atoms with E-state index in [1.54, 1.807) is 6.20 Å². The standard InChI is InChI=1S/C12H14N6O/c19-12(10-8-14-17-16-10)15-9-3-4-11(13-7-9)18-5-1-2-6-18/h3-4,7-8H,1-2,5-6H2,(H,15,19)(H,14,16,17). The van der Waals surface area contributed by atoms with Crippen molar-refractivity contribution in [1.29, 1.82) is 0 Å². The molecular formula is C12H14N6O. The average Bonchev–Trinajstić information content (AvgIpc) is 3.13. The number of amides is 1. The topological polar surface area (TPSA) is 86.8 Å². The van der Waals surface area contributed by atoms with Crippen LogP contribution in [0.25, 0.3) is 0 Å². The molecule has 1 aliphatic rings.